The number of aryl methyl sites for hydroxylation is 2. The molecule has 0 unspecified atom stereocenters. The van der Waals surface area contributed by atoms with Crippen LogP contribution in [0.25, 0.3) is 5.57 Å². The molecule has 2 aliphatic rings. The van der Waals surface area contributed by atoms with Gasteiger partial charge in [0.05, 0.1) is 31.5 Å². The van der Waals surface area contributed by atoms with E-state index in [0.29, 0.717) is 22.7 Å². The van der Waals surface area contributed by atoms with Crippen LogP contribution in [-0.2, 0) is 0 Å². The van der Waals surface area contributed by atoms with Crippen molar-refractivity contribution in [2.75, 3.05) is 14.2 Å². The first-order valence-corrected chi connectivity index (χ1v) is 8.93. The number of fused-ring (bicyclic) bond motifs is 2. The van der Waals surface area contributed by atoms with E-state index >= 15 is 0 Å². The number of benzene rings is 2. The fourth-order valence-electron chi connectivity index (χ4n) is 3.91. The Labute approximate surface area is 158 Å². The number of aliphatic imine (C=N–C) groups is 1. The number of carbonyl (C=O) groups is 1. The molecule has 0 spiro atoms. The molecule has 2 aliphatic heterocycles. The molecule has 2 heterocycles. The summed E-state index contributed by atoms with van der Waals surface area (Å²) in [5.74, 6) is 1.01. The molecule has 138 valence electrons. The van der Waals surface area contributed by atoms with Gasteiger partial charge in [-0.15, -0.1) is 0 Å². The molecule has 5 nitrogen and oxygen atoms in total. The van der Waals surface area contributed by atoms with Crippen LogP contribution in [0.5, 0.6) is 11.5 Å². The maximum absolute atomic E-state index is 13.2. The summed E-state index contributed by atoms with van der Waals surface area (Å²) in [4.78, 5) is 19.6. The van der Waals surface area contributed by atoms with E-state index in [1.165, 1.54) is 22.3 Å². The monoisotopic (exact) mass is 362 g/mol. The Kier molecular flexibility index (Phi) is 4.22. The predicted molar refractivity (Wildman–Crippen MR) is 106 cm³/mol. The number of amides is 1. The molecule has 0 aromatic heterocycles. The highest BCUT2D eigenvalue weighted by Crippen LogP contribution is 2.40. The predicted octanol–water partition coefficient (Wildman–Crippen LogP) is 4.29. The van der Waals surface area contributed by atoms with Gasteiger partial charge in [0.1, 0.15) is 0 Å². The summed E-state index contributed by atoms with van der Waals surface area (Å²) < 4.78 is 10.7. The van der Waals surface area contributed by atoms with Gasteiger partial charge < -0.3 is 14.4 Å². The number of nitrogens with zero attached hydrogens (tertiary/aromatic N) is 2. The molecular weight excluding hydrogens is 340 g/mol. The first-order chi connectivity index (χ1) is 13.0. The quantitative estimate of drug-likeness (QED) is 0.818. The second-order valence-corrected chi connectivity index (χ2v) is 6.91. The summed E-state index contributed by atoms with van der Waals surface area (Å²) >= 11 is 0. The normalized spacial score (nSPS) is 17.9. The fourth-order valence-corrected chi connectivity index (χ4v) is 3.91. The highest BCUT2D eigenvalue weighted by atomic mass is 16.5. The van der Waals surface area contributed by atoms with Gasteiger partial charge in [-0.1, -0.05) is 18.2 Å². The van der Waals surface area contributed by atoms with Gasteiger partial charge in [-0.3, -0.25) is 9.79 Å². The van der Waals surface area contributed by atoms with Crippen molar-refractivity contribution in [3.63, 3.8) is 0 Å². The first kappa shape index (κ1) is 17.3. The Bertz CT molecular complexity index is 971. The van der Waals surface area contributed by atoms with Crippen molar-refractivity contribution in [3.05, 3.63) is 58.8 Å². The smallest absolute Gasteiger partial charge is 0.260 e. The standard InChI is InChI=1S/C22H22N2O3/c1-13-6-5-7-14(2)21(13)15-8-16-11-23-18-10-20(27-4)19(26-3)9-17(18)22(25)24(16)12-15/h5-7,9-12,16H,8H2,1-4H3/t16-/m0/s1. The van der Waals surface area contributed by atoms with Crippen molar-refractivity contribution in [2.24, 2.45) is 4.99 Å². The minimum atomic E-state index is -0.0871. The molecule has 1 atom stereocenters. The van der Waals surface area contributed by atoms with Crippen molar-refractivity contribution >= 4 is 23.4 Å². The summed E-state index contributed by atoms with van der Waals surface area (Å²) in [5.41, 5.74) is 5.95. The molecule has 0 N–H and O–H groups in total. The van der Waals surface area contributed by atoms with E-state index < -0.39 is 0 Å². The lowest BCUT2D eigenvalue weighted by Gasteiger charge is -2.18. The summed E-state index contributed by atoms with van der Waals surface area (Å²) in [5, 5.41) is 0. The largest absolute Gasteiger partial charge is 0.493 e. The molecule has 1 amide bonds. The summed E-state index contributed by atoms with van der Waals surface area (Å²) in [6.07, 6.45) is 4.58. The highest BCUT2D eigenvalue weighted by Gasteiger charge is 2.34. The third-order valence-corrected chi connectivity index (χ3v) is 5.24. The fraction of sp³-hybridized carbons (Fsp3) is 0.273. The molecule has 0 saturated heterocycles. The minimum absolute atomic E-state index is 0.0744. The Hall–Kier alpha value is -3.08. The first-order valence-electron chi connectivity index (χ1n) is 8.93. The molecule has 5 heteroatoms. The Balaban J connectivity index is 1.78. The third kappa shape index (κ3) is 2.79. The van der Waals surface area contributed by atoms with Crippen molar-refractivity contribution < 1.29 is 14.3 Å². The van der Waals surface area contributed by atoms with Crippen LogP contribution in [0.4, 0.5) is 5.69 Å². The van der Waals surface area contributed by atoms with Gasteiger partial charge in [-0.05, 0) is 42.2 Å². The lowest BCUT2D eigenvalue weighted by molar-refractivity contribution is 0.0817. The van der Waals surface area contributed by atoms with E-state index in [9.17, 15) is 4.79 Å². The number of hydrogen-bond donors (Lipinski definition) is 0. The highest BCUT2D eigenvalue weighted by molar-refractivity contribution is 6.05. The summed E-state index contributed by atoms with van der Waals surface area (Å²) in [6.45, 7) is 4.21. The van der Waals surface area contributed by atoms with Crippen LogP contribution in [0, 0.1) is 13.8 Å². The van der Waals surface area contributed by atoms with Crippen molar-refractivity contribution in [3.8, 4) is 11.5 Å². The molecule has 4 rings (SSSR count). The van der Waals surface area contributed by atoms with Crippen LogP contribution in [-0.4, -0.2) is 37.3 Å². The van der Waals surface area contributed by atoms with Gasteiger partial charge in [-0.2, -0.15) is 0 Å². The van der Waals surface area contributed by atoms with Crippen molar-refractivity contribution in [1.29, 1.82) is 0 Å². The van der Waals surface area contributed by atoms with Crippen LogP contribution in [0.1, 0.15) is 33.5 Å². The maximum atomic E-state index is 13.2. The van der Waals surface area contributed by atoms with E-state index in [1.807, 2.05) is 12.4 Å². The van der Waals surface area contributed by atoms with Gasteiger partial charge >= 0.3 is 0 Å². The van der Waals surface area contributed by atoms with Gasteiger partial charge in [0.25, 0.3) is 5.91 Å². The van der Waals surface area contributed by atoms with Gasteiger partial charge in [0, 0.05) is 24.9 Å². The molecule has 0 bridgehead atoms. The second-order valence-electron chi connectivity index (χ2n) is 6.91. The average Bonchev–Trinajstić information content (AvgIpc) is 3.03. The number of hydrogen-bond acceptors (Lipinski definition) is 4. The summed E-state index contributed by atoms with van der Waals surface area (Å²) in [7, 11) is 3.14. The number of rotatable bonds is 3. The van der Waals surface area contributed by atoms with E-state index in [2.05, 4.69) is 37.0 Å². The average molecular weight is 362 g/mol. The van der Waals surface area contributed by atoms with E-state index in [-0.39, 0.29) is 11.9 Å². The van der Waals surface area contributed by atoms with Crippen LogP contribution in [0.15, 0.2) is 41.5 Å². The van der Waals surface area contributed by atoms with Crippen molar-refractivity contribution in [1.82, 2.24) is 4.90 Å². The molecule has 0 aliphatic carbocycles. The Morgan fingerprint density at radius 3 is 2.41 bits per heavy atom. The molecule has 2 aromatic carbocycles. The van der Waals surface area contributed by atoms with Gasteiger partial charge in [0.15, 0.2) is 11.5 Å². The lowest BCUT2D eigenvalue weighted by Crippen LogP contribution is -2.32. The molecule has 0 fully saturated rings. The van der Waals surface area contributed by atoms with Gasteiger partial charge in [0.2, 0.25) is 0 Å². The second kappa shape index (κ2) is 6.58. The zero-order valence-corrected chi connectivity index (χ0v) is 15.9. The molecule has 2 aromatic rings. The van der Waals surface area contributed by atoms with Crippen LogP contribution in [0.3, 0.4) is 0 Å². The zero-order chi connectivity index (χ0) is 19.1. The van der Waals surface area contributed by atoms with Crippen LogP contribution in [0.2, 0.25) is 0 Å². The summed E-state index contributed by atoms with van der Waals surface area (Å²) in [6, 6.07) is 9.65. The molecule has 0 radical (unpaired) electrons. The van der Waals surface area contributed by atoms with E-state index in [4.69, 9.17) is 9.47 Å². The number of carbonyl (C=O) groups excluding carboxylic acids is 1. The lowest BCUT2D eigenvalue weighted by atomic mass is 9.94. The van der Waals surface area contributed by atoms with Crippen LogP contribution < -0.4 is 9.47 Å². The molecule has 0 saturated carbocycles. The topological polar surface area (TPSA) is 51.1 Å². The maximum Gasteiger partial charge on any atom is 0.260 e. The van der Waals surface area contributed by atoms with E-state index in [0.717, 1.165) is 6.42 Å². The Morgan fingerprint density at radius 2 is 1.74 bits per heavy atom. The molecular formula is C22H22N2O3. The van der Waals surface area contributed by atoms with E-state index in [1.54, 1.807) is 31.3 Å². The Morgan fingerprint density at radius 1 is 1.07 bits per heavy atom. The molecule has 27 heavy (non-hydrogen) atoms. The SMILES string of the molecule is COc1cc2c(cc1OC)C(=O)N1C=C(c3c(C)cccc3C)C[C@H]1C=N2. The van der Waals surface area contributed by atoms with Gasteiger partial charge in [-0.25, -0.2) is 0 Å². The number of methoxy groups -OCH3 is 2. The minimum Gasteiger partial charge on any atom is -0.493 e. The van der Waals surface area contributed by atoms with Crippen molar-refractivity contribution in [2.45, 2.75) is 26.3 Å². The van der Waals surface area contributed by atoms with Crippen LogP contribution >= 0.6 is 0 Å². The zero-order valence-electron chi connectivity index (χ0n) is 15.9. The number of ether oxygens (including phenoxy) is 2. The third-order valence-electron chi connectivity index (χ3n) is 5.24.